The fraction of sp³-hybridized carbons (Fsp3) is 0.381. The van der Waals surface area contributed by atoms with E-state index in [1.165, 1.54) is 19.2 Å². The molecular weight excluding hydrogens is 387 g/mol. The monoisotopic (exact) mass is 412 g/mol. The van der Waals surface area contributed by atoms with Crippen molar-refractivity contribution in [2.24, 2.45) is 0 Å². The molecule has 30 heavy (non-hydrogen) atoms. The van der Waals surface area contributed by atoms with E-state index in [-0.39, 0.29) is 11.1 Å². The molecule has 4 rings (SSSR count). The van der Waals surface area contributed by atoms with Crippen molar-refractivity contribution in [1.82, 2.24) is 24.8 Å². The number of nitrogens with one attached hydrogen (secondary N) is 2. The number of hydrogen-bond acceptors (Lipinski definition) is 5. The van der Waals surface area contributed by atoms with E-state index in [1.54, 1.807) is 10.6 Å². The number of hydrogen-bond donors (Lipinski definition) is 2. The molecule has 0 radical (unpaired) electrons. The van der Waals surface area contributed by atoms with Crippen LogP contribution >= 0.6 is 0 Å². The van der Waals surface area contributed by atoms with Crippen LogP contribution in [0.15, 0.2) is 35.3 Å². The topological polar surface area (TPSA) is 85.7 Å². The molecule has 1 saturated heterocycles. The van der Waals surface area contributed by atoms with E-state index < -0.39 is 11.7 Å². The Hall–Kier alpha value is -3.20. The molecule has 0 spiro atoms. The Bertz CT molecular complexity index is 1130. The number of carbonyl (C=O) groups is 1. The first-order valence-electron chi connectivity index (χ1n) is 10.1. The number of carbonyl (C=O) groups excluding carboxylic acids is 1. The summed E-state index contributed by atoms with van der Waals surface area (Å²) in [5.74, 6) is -0.937. The predicted molar refractivity (Wildman–Crippen MR) is 112 cm³/mol. The molecule has 0 unspecified atom stereocenters. The van der Waals surface area contributed by atoms with Crippen LogP contribution in [0.2, 0.25) is 0 Å². The molecular formula is C21H25FN6O2. The van der Waals surface area contributed by atoms with Crippen molar-refractivity contribution in [2.45, 2.75) is 19.9 Å². The molecule has 8 nitrogen and oxygen atoms in total. The molecule has 3 heterocycles. The number of aryl methyl sites for hydroxylation is 1. The number of halogens is 1. The van der Waals surface area contributed by atoms with Crippen molar-refractivity contribution in [3.63, 3.8) is 0 Å². The van der Waals surface area contributed by atoms with E-state index >= 15 is 0 Å². The second-order valence-corrected chi connectivity index (χ2v) is 7.44. The zero-order valence-corrected chi connectivity index (χ0v) is 17.1. The van der Waals surface area contributed by atoms with Crippen LogP contribution in [-0.2, 0) is 13.0 Å². The van der Waals surface area contributed by atoms with Gasteiger partial charge in [-0.2, -0.15) is 5.10 Å². The first-order valence-corrected chi connectivity index (χ1v) is 10.1. The summed E-state index contributed by atoms with van der Waals surface area (Å²) in [5, 5.41) is 6.82. The van der Waals surface area contributed by atoms with Gasteiger partial charge in [-0.15, -0.1) is 0 Å². The Morgan fingerprint density at radius 3 is 2.67 bits per heavy atom. The Morgan fingerprint density at radius 1 is 1.23 bits per heavy atom. The molecule has 1 aliphatic heterocycles. The maximum atomic E-state index is 14.3. The molecule has 1 fully saturated rings. The number of aromatic nitrogens is 3. The summed E-state index contributed by atoms with van der Waals surface area (Å²) < 4.78 is 16.0. The fourth-order valence-electron chi connectivity index (χ4n) is 3.81. The highest BCUT2D eigenvalue weighted by atomic mass is 19.1. The molecule has 2 aromatic heterocycles. The number of anilines is 1. The van der Waals surface area contributed by atoms with Gasteiger partial charge in [-0.05, 0) is 36.2 Å². The number of piperazine rings is 1. The van der Waals surface area contributed by atoms with E-state index in [9.17, 15) is 14.0 Å². The maximum absolute atomic E-state index is 14.3. The molecule has 0 bridgehead atoms. The van der Waals surface area contributed by atoms with Crippen molar-refractivity contribution >= 4 is 17.2 Å². The largest absolute Gasteiger partial charge is 0.369 e. The standard InChI is InChI=1S/C21H25FN6O2/c1-3-18-21(30)24-19-10-14(13-28(19)25-18)12-26-6-8-27(9-7-26)15-4-5-16(17(22)11-15)20(29)23-2/h4-5,10-11,13H,3,6-9,12H2,1-2H3,(H,23,29)(H,24,30). The van der Waals surface area contributed by atoms with Gasteiger partial charge in [0.1, 0.15) is 17.2 Å². The third kappa shape index (κ3) is 3.93. The van der Waals surface area contributed by atoms with Crippen molar-refractivity contribution in [2.75, 3.05) is 38.1 Å². The third-order valence-corrected chi connectivity index (χ3v) is 5.49. The first kappa shape index (κ1) is 20.1. The van der Waals surface area contributed by atoms with Crippen molar-refractivity contribution in [3.05, 3.63) is 63.5 Å². The summed E-state index contributed by atoms with van der Waals surface area (Å²) >= 11 is 0. The first-order chi connectivity index (χ1) is 14.5. The van der Waals surface area contributed by atoms with Gasteiger partial charge in [0.05, 0.1) is 5.56 Å². The second kappa shape index (κ2) is 8.27. The van der Waals surface area contributed by atoms with E-state index in [1.807, 2.05) is 19.2 Å². The van der Waals surface area contributed by atoms with Crippen LogP contribution in [-0.4, -0.2) is 58.6 Å². The second-order valence-electron chi connectivity index (χ2n) is 7.44. The molecule has 158 valence electrons. The lowest BCUT2D eigenvalue weighted by Crippen LogP contribution is -2.46. The lowest BCUT2D eigenvalue weighted by Gasteiger charge is -2.36. The summed E-state index contributed by atoms with van der Waals surface area (Å²) in [6, 6.07) is 6.69. The molecule has 3 aromatic rings. The average Bonchev–Trinajstić information content (AvgIpc) is 3.13. The Balaban J connectivity index is 1.40. The van der Waals surface area contributed by atoms with Gasteiger partial charge in [-0.3, -0.25) is 14.5 Å². The average molecular weight is 412 g/mol. The number of nitrogens with zero attached hydrogens (tertiary/aromatic N) is 4. The quantitative estimate of drug-likeness (QED) is 0.662. The molecule has 1 amide bonds. The van der Waals surface area contributed by atoms with Crippen molar-refractivity contribution in [3.8, 4) is 0 Å². The maximum Gasteiger partial charge on any atom is 0.273 e. The van der Waals surface area contributed by atoms with Crippen molar-refractivity contribution in [1.29, 1.82) is 0 Å². The van der Waals surface area contributed by atoms with Gasteiger partial charge in [0.2, 0.25) is 0 Å². The summed E-state index contributed by atoms with van der Waals surface area (Å²) in [7, 11) is 1.49. The van der Waals surface area contributed by atoms with Gasteiger partial charge in [0, 0.05) is 51.7 Å². The summed E-state index contributed by atoms with van der Waals surface area (Å²) in [6.07, 6.45) is 2.54. The van der Waals surface area contributed by atoms with Crippen LogP contribution in [0.5, 0.6) is 0 Å². The van der Waals surface area contributed by atoms with Crippen molar-refractivity contribution < 1.29 is 9.18 Å². The highest BCUT2D eigenvalue weighted by Crippen LogP contribution is 2.21. The molecule has 1 aromatic carbocycles. The van der Waals surface area contributed by atoms with Crippen LogP contribution in [0, 0.1) is 5.82 Å². The lowest BCUT2D eigenvalue weighted by molar-refractivity contribution is 0.0959. The van der Waals surface area contributed by atoms with Crippen LogP contribution in [0.4, 0.5) is 10.1 Å². The number of aromatic amines is 1. The third-order valence-electron chi connectivity index (χ3n) is 5.49. The lowest BCUT2D eigenvalue weighted by atomic mass is 10.1. The van der Waals surface area contributed by atoms with Gasteiger partial charge >= 0.3 is 0 Å². The summed E-state index contributed by atoms with van der Waals surface area (Å²) in [5.41, 5.74) is 2.99. The highest BCUT2D eigenvalue weighted by molar-refractivity contribution is 5.94. The van der Waals surface area contributed by atoms with Crippen LogP contribution in [0.3, 0.4) is 0 Å². The number of benzene rings is 1. The number of fused-ring (bicyclic) bond motifs is 1. The van der Waals surface area contributed by atoms with Crippen LogP contribution < -0.4 is 15.8 Å². The van der Waals surface area contributed by atoms with Crippen LogP contribution in [0.25, 0.3) is 5.65 Å². The number of amides is 1. The normalized spacial score (nSPS) is 15.0. The van der Waals surface area contributed by atoms with E-state index in [2.05, 4.69) is 25.2 Å². The van der Waals surface area contributed by atoms with E-state index in [0.29, 0.717) is 17.8 Å². The van der Waals surface area contributed by atoms with Gasteiger partial charge in [-0.1, -0.05) is 6.92 Å². The number of rotatable bonds is 5. The summed E-state index contributed by atoms with van der Waals surface area (Å²) in [4.78, 5) is 30.9. The molecule has 0 saturated carbocycles. The molecule has 2 N–H and O–H groups in total. The van der Waals surface area contributed by atoms with E-state index in [4.69, 9.17) is 0 Å². The van der Waals surface area contributed by atoms with Gasteiger partial charge in [-0.25, -0.2) is 8.91 Å². The smallest absolute Gasteiger partial charge is 0.273 e. The SMILES string of the molecule is CCc1nn2cc(CN3CCN(c4ccc(C(=O)NC)c(F)c4)CC3)cc2[nH]c1=O. The van der Waals surface area contributed by atoms with Gasteiger partial charge < -0.3 is 15.2 Å². The predicted octanol–water partition coefficient (Wildman–Crippen LogP) is 1.41. The minimum absolute atomic E-state index is 0.0542. The Labute approximate surface area is 173 Å². The Morgan fingerprint density at radius 2 is 2.00 bits per heavy atom. The molecule has 1 aliphatic rings. The van der Waals surface area contributed by atoms with Gasteiger partial charge in [0.25, 0.3) is 11.5 Å². The molecule has 0 aliphatic carbocycles. The molecule has 0 atom stereocenters. The molecule has 9 heteroatoms. The van der Waals surface area contributed by atoms with Crippen LogP contribution in [0.1, 0.15) is 28.5 Å². The summed E-state index contributed by atoms with van der Waals surface area (Å²) in [6.45, 7) is 5.85. The number of H-pyrrole nitrogens is 1. The minimum atomic E-state index is -0.511. The fourth-order valence-corrected chi connectivity index (χ4v) is 3.81. The zero-order chi connectivity index (χ0) is 21.3. The van der Waals surface area contributed by atoms with E-state index in [0.717, 1.165) is 44.0 Å². The highest BCUT2D eigenvalue weighted by Gasteiger charge is 2.20. The Kier molecular flexibility index (Phi) is 5.54. The van der Waals surface area contributed by atoms with Gasteiger partial charge in [0.15, 0.2) is 0 Å². The minimum Gasteiger partial charge on any atom is -0.369 e. The zero-order valence-electron chi connectivity index (χ0n) is 17.1.